The minimum Gasteiger partial charge on any atom is -0.444 e. The fourth-order valence-corrected chi connectivity index (χ4v) is 7.40. The number of carbonyl (C=O) groups excluding carboxylic acids is 1. The molecule has 1 aromatic carbocycles. The van der Waals surface area contributed by atoms with Crippen molar-refractivity contribution in [1.29, 1.82) is 0 Å². The molecule has 13 heteroatoms. The Kier molecular flexibility index (Phi) is 9.80. The Morgan fingerprint density at radius 3 is 2.51 bits per heavy atom. The van der Waals surface area contributed by atoms with Gasteiger partial charge >= 0.3 is 6.09 Å². The molecule has 0 saturated carbocycles. The van der Waals surface area contributed by atoms with Crippen molar-refractivity contribution < 1.29 is 23.2 Å². The van der Waals surface area contributed by atoms with Crippen LogP contribution in [0.15, 0.2) is 37.6 Å². The maximum Gasteiger partial charge on any atom is 0.410 e. The molecule has 10 nitrogen and oxygen atoms in total. The summed E-state index contributed by atoms with van der Waals surface area (Å²) < 4.78 is 26.9. The van der Waals surface area contributed by atoms with E-state index in [1.165, 1.54) is 12.1 Å². The molecule has 3 N–H and O–H groups in total. The highest BCUT2D eigenvalue weighted by Crippen LogP contribution is 2.40. The molecule has 5 atom stereocenters. The van der Waals surface area contributed by atoms with E-state index in [1.807, 2.05) is 27.7 Å². The third-order valence-electron chi connectivity index (χ3n) is 8.52. The van der Waals surface area contributed by atoms with Crippen LogP contribution in [-0.4, -0.2) is 73.8 Å². The number of carbonyl (C=O) groups is 1. The number of hydrogen-bond acceptors (Lipinski definition) is 9. The predicted octanol–water partition coefficient (Wildman–Crippen LogP) is 6.13. The summed E-state index contributed by atoms with van der Waals surface area (Å²) in [5.74, 6) is 0.207. The second-order valence-electron chi connectivity index (χ2n) is 14.2. The number of amidine groups is 1. The van der Waals surface area contributed by atoms with E-state index in [9.17, 15) is 9.18 Å². The van der Waals surface area contributed by atoms with Gasteiger partial charge in [0.15, 0.2) is 8.32 Å². The summed E-state index contributed by atoms with van der Waals surface area (Å²) in [6.07, 6.45) is 0.690. The number of likely N-dealkylation sites (tertiary alicyclic amines) is 1. The maximum absolute atomic E-state index is 13.8. The Hall–Kier alpha value is -2.35. The van der Waals surface area contributed by atoms with E-state index in [0.29, 0.717) is 29.7 Å². The van der Waals surface area contributed by atoms with Gasteiger partial charge in [-0.25, -0.2) is 19.2 Å². The lowest BCUT2D eigenvalue weighted by molar-refractivity contribution is 0.00158. The van der Waals surface area contributed by atoms with Gasteiger partial charge in [0, 0.05) is 16.7 Å². The van der Waals surface area contributed by atoms with Crippen molar-refractivity contribution in [2.45, 2.75) is 109 Å². The number of amides is 1. The van der Waals surface area contributed by atoms with Gasteiger partial charge in [0.2, 0.25) is 5.96 Å². The number of nitrogens with one attached hydrogen (secondary N) is 1. The molecule has 0 bridgehead atoms. The lowest BCUT2D eigenvalue weighted by Gasteiger charge is -2.38. The topological polar surface area (TPSA) is 123 Å². The molecule has 0 aromatic heterocycles. The molecule has 43 heavy (non-hydrogen) atoms. The number of fused-ring (bicyclic) bond motifs is 1. The number of nitrogens with zero attached hydrogens (tertiary/aromatic N) is 4. The molecule has 3 aliphatic rings. The third-order valence-corrected chi connectivity index (χ3v) is 13.7. The summed E-state index contributed by atoms with van der Waals surface area (Å²) in [5, 5.41) is 0.0386. The molecule has 1 amide bonds. The first-order valence-corrected chi connectivity index (χ1v) is 18.5. The normalized spacial score (nSPS) is 26.3. The smallest absolute Gasteiger partial charge is 0.410 e. The number of rotatable bonds is 6. The first-order chi connectivity index (χ1) is 19.8. The van der Waals surface area contributed by atoms with Crippen LogP contribution >= 0.6 is 15.9 Å². The van der Waals surface area contributed by atoms with Crippen LogP contribution in [0.5, 0.6) is 0 Å². The zero-order valence-corrected chi connectivity index (χ0v) is 29.3. The second-order valence-corrected chi connectivity index (χ2v) is 19.8. The Balaban J connectivity index is 1.53. The van der Waals surface area contributed by atoms with Crippen LogP contribution in [0.2, 0.25) is 18.1 Å². The molecule has 0 spiro atoms. The number of hydroxylamine groups is 1. The van der Waals surface area contributed by atoms with E-state index < -0.39 is 20.0 Å². The zero-order valence-electron chi connectivity index (χ0n) is 26.7. The van der Waals surface area contributed by atoms with Gasteiger partial charge in [-0.15, -0.1) is 0 Å². The van der Waals surface area contributed by atoms with Gasteiger partial charge in [-0.1, -0.05) is 42.8 Å². The lowest BCUT2D eigenvalue weighted by atomic mass is 9.84. The predicted molar refractivity (Wildman–Crippen MR) is 173 cm³/mol. The van der Waals surface area contributed by atoms with Crippen LogP contribution in [0.4, 0.5) is 9.18 Å². The molecule has 238 valence electrons. The van der Waals surface area contributed by atoms with Crippen molar-refractivity contribution in [3.63, 3.8) is 0 Å². The minimum absolute atomic E-state index is 0.0386. The summed E-state index contributed by atoms with van der Waals surface area (Å²) >= 11 is 3.49. The van der Waals surface area contributed by atoms with Crippen molar-refractivity contribution in [2.24, 2.45) is 26.6 Å². The molecule has 3 heterocycles. The van der Waals surface area contributed by atoms with E-state index in [-0.39, 0.29) is 53.6 Å². The van der Waals surface area contributed by atoms with Crippen LogP contribution in [0, 0.1) is 11.7 Å². The molecule has 0 aliphatic carbocycles. The van der Waals surface area contributed by atoms with Gasteiger partial charge in [-0.3, -0.25) is 15.3 Å². The fourth-order valence-electron chi connectivity index (χ4n) is 5.43. The van der Waals surface area contributed by atoms with Crippen molar-refractivity contribution in [1.82, 2.24) is 10.4 Å². The van der Waals surface area contributed by atoms with Crippen LogP contribution < -0.4 is 11.2 Å². The number of hydrogen-bond donors (Lipinski definition) is 2. The standard InChI is InChI=1S/C30H46BrFN6O4Si/c1-17-25-24(36-27(33)34-17)14-23(21-11-10-18(32)12-22(21)31)35-26(25)37-40-16-19-13-20(42-43(8,9)30(5,6)7)15-38(19)28(39)41-29(2,3)4/h10-12,19-20,23-25H,13-16H2,1-9H3,(H2,33,36)(H,35,37)/t19-,20+,23?,24+,25?/m0/s1. The first kappa shape index (κ1) is 33.5. The van der Waals surface area contributed by atoms with Crippen LogP contribution in [0.3, 0.4) is 0 Å². The van der Waals surface area contributed by atoms with Gasteiger partial charge in [0.25, 0.3) is 0 Å². The second kappa shape index (κ2) is 12.6. The van der Waals surface area contributed by atoms with Crippen molar-refractivity contribution in [3.05, 3.63) is 34.1 Å². The highest BCUT2D eigenvalue weighted by molar-refractivity contribution is 9.10. The first-order valence-electron chi connectivity index (χ1n) is 14.8. The van der Waals surface area contributed by atoms with Crippen molar-refractivity contribution >= 4 is 47.8 Å². The van der Waals surface area contributed by atoms with Gasteiger partial charge in [-0.2, -0.15) is 0 Å². The minimum atomic E-state index is -2.07. The van der Waals surface area contributed by atoms with E-state index in [0.717, 1.165) is 11.3 Å². The molecule has 0 radical (unpaired) electrons. The summed E-state index contributed by atoms with van der Waals surface area (Å²) in [7, 11) is -2.07. The molecule has 3 aliphatic heterocycles. The Labute approximate surface area is 264 Å². The van der Waals surface area contributed by atoms with E-state index in [1.54, 1.807) is 11.0 Å². The molecular formula is C30H46BrFN6O4Si. The van der Waals surface area contributed by atoms with Crippen LogP contribution in [0.25, 0.3) is 0 Å². The monoisotopic (exact) mass is 680 g/mol. The Morgan fingerprint density at radius 2 is 1.88 bits per heavy atom. The van der Waals surface area contributed by atoms with Crippen LogP contribution in [-0.2, 0) is 14.0 Å². The SMILES string of the molecule is CC1=NC(N)=N[C@@H]2CC(c3ccc(F)cc3Br)N=C(NOC[C@@H]3C[C@@H](O[Si](C)(C)C(C)(C)C)CN3C(=O)OC(C)(C)C)C12. The van der Waals surface area contributed by atoms with E-state index >= 15 is 0 Å². The van der Waals surface area contributed by atoms with Gasteiger partial charge in [0.1, 0.15) is 17.3 Å². The summed E-state index contributed by atoms with van der Waals surface area (Å²) in [6.45, 7) is 19.1. The maximum atomic E-state index is 13.8. The molecule has 4 rings (SSSR count). The molecular weight excluding hydrogens is 635 g/mol. The quantitative estimate of drug-likeness (QED) is 0.275. The van der Waals surface area contributed by atoms with E-state index in [4.69, 9.17) is 24.7 Å². The number of nitrogens with two attached hydrogens (primary N) is 1. The Morgan fingerprint density at radius 1 is 1.19 bits per heavy atom. The number of ether oxygens (including phenoxy) is 1. The number of aliphatic imine (C=N–C) groups is 3. The van der Waals surface area contributed by atoms with Gasteiger partial charge < -0.3 is 19.8 Å². The average molecular weight is 682 g/mol. The summed E-state index contributed by atoms with van der Waals surface area (Å²) in [6, 6.07) is 3.79. The Bertz CT molecular complexity index is 1310. The highest BCUT2D eigenvalue weighted by atomic mass is 79.9. The van der Waals surface area contributed by atoms with Gasteiger partial charge in [-0.05, 0) is 76.4 Å². The zero-order chi connectivity index (χ0) is 31.9. The molecule has 2 unspecified atom stereocenters. The van der Waals surface area contributed by atoms with Crippen molar-refractivity contribution in [3.8, 4) is 0 Å². The summed E-state index contributed by atoms with van der Waals surface area (Å²) in [4.78, 5) is 35.0. The summed E-state index contributed by atoms with van der Waals surface area (Å²) in [5.41, 5.74) is 10.1. The van der Waals surface area contributed by atoms with E-state index in [2.05, 4.69) is 65.3 Å². The fraction of sp³-hybridized carbons (Fsp3) is 0.667. The highest BCUT2D eigenvalue weighted by Gasteiger charge is 2.45. The van der Waals surface area contributed by atoms with Crippen LogP contribution in [0.1, 0.15) is 72.9 Å². The lowest BCUT2D eigenvalue weighted by Crippen LogP contribution is -2.48. The van der Waals surface area contributed by atoms with Crippen molar-refractivity contribution in [2.75, 3.05) is 13.2 Å². The molecule has 1 aromatic rings. The van der Waals surface area contributed by atoms with Gasteiger partial charge in [0.05, 0.1) is 36.8 Å². The molecule has 1 saturated heterocycles. The molecule has 1 fully saturated rings. The largest absolute Gasteiger partial charge is 0.444 e. The number of benzene rings is 1. The number of halogens is 2. The average Bonchev–Trinajstić information content (AvgIpc) is 3.23. The third kappa shape index (κ3) is 8.03. The number of guanidine groups is 1.